The Morgan fingerprint density at radius 2 is 1.52 bits per heavy atom. The van der Waals surface area contributed by atoms with Crippen LogP contribution in [-0.4, -0.2) is 24.0 Å². The number of ether oxygens (including phenoxy) is 1. The Morgan fingerprint density at radius 3 is 2.26 bits per heavy atom. The lowest BCUT2D eigenvalue weighted by Gasteiger charge is -2.17. The van der Waals surface area contributed by atoms with Gasteiger partial charge in [-0.15, -0.1) is 0 Å². The Bertz CT molecular complexity index is 851. The Hall–Kier alpha value is -2.62. The van der Waals surface area contributed by atoms with Crippen LogP contribution in [0.2, 0.25) is 0 Å². The van der Waals surface area contributed by atoms with Crippen LogP contribution in [-0.2, 0) is 13.2 Å². The highest BCUT2D eigenvalue weighted by Crippen LogP contribution is 2.30. The molecule has 0 bridgehead atoms. The first kappa shape index (κ1) is 17.8. The summed E-state index contributed by atoms with van der Waals surface area (Å²) in [6, 6.07) is 29.4. The second-order valence-electron chi connectivity index (χ2n) is 7.30. The number of benzene rings is 3. The topological polar surface area (TPSA) is 38.5 Å². The molecule has 0 unspecified atom stereocenters. The highest BCUT2D eigenvalue weighted by atomic mass is 16.5. The fourth-order valence-corrected chi connectivity index (χ4v) is 3.81. The van der Waals surface area contributed by atoms with E-state index in [4.69, 9.17) is 10.5 Å². The normalized spacial score (nSPS) is 19.9. The number of hydrogen-bond donors (Lipinski definition) is 1. The minimum absolute atomic E-state index is 0.151. The van der Waals surface area contributed by atoms with Crippen molar-refractivity contribution in [3.8, 4) is 5.75 Å². The fourth-order valence-electron chi connectivity index (χ4n) is 3.81. The lowest BCUT2D eigenvalue weighted by molar-refractivity contribution is 0.305. The molecule has 1 saturated heterocycles. The number of nitrogens with zero attached hydrogens (tertiary/aromatic N) is 1. The van der Waals surface area contributed by atoms with Gasteiger partial charge in [0, 0.05) is 31.6 Å². The van der Waals surface area contributed by atoms with Crippen molar-refractivity contribution < 1.29 is 4.74 Å². The van der Waals surface area contributed by atoms with Crippen LogP contribution in [0.4, 0.5) is 0 Å². The summed E-state index contributed by atoms with van der Waals surface area (Å²) in [6.45, 7) is 3.45. The minimum Gasteiger partial charge on any atom is -0.489 e. The molecule has 138 valence electrons. The first-order valence-corrected chi connectivity index (χ1v) is 9.56. The number of rotatable bonds is 6. The smallest absolute Gasteiger partial charge is 0.120 e. The Kier molecular flexibility index (Phi) is 5.52. The third-order valence-electron chi connectivity index (χ3n) is 5.22. The van der Waals surface area contributed by atoms with Crippen LogP contribution in [0.25, 0.3) is 0 Å². The third-order valence-corrected chi connectivity index (χ3v) is 5.22. The molecule has 3 aromatic rings. The van der Waals surface area contributed by atoms with Gasteiger partial charge in [-0.3, -0.25) is 4.90 Å². The quantitative estimate of drug-likeness (QED) is 0.718. The molecular weight excluding hydrogens is 332 g/mol. The molecule has 1 heterocycles. The van der Waals surface area contributed by atoms with Crippen molar-refractivity contribution in [2.24, 2.45) is 5.73 Å². The van der Waals surface area contributed by atoms with Gasteiger partial charge in [0.2, 0.25) is 0 Å². The van der Waals surface area contributed by atoms with E-state index in [1.807, 2.05) is 24.3 Å². The van der Waals surface area contributed by atoms with Gasteiger partial charge in [-0.25, -0.2) is 0 Å². The summed E-state index contributed by atoms with van der Waals surface area (Å²) >= 11 is 0. The molecule has 0 amide bonds. The standard InChI is InChI=1S/C24H26N2O/c25-24-17-26(15-19-8-3-1-4-9-19)16-23(24)21-12-7-13-22(14-21)27-18-20-10-5-2-6-11-20/h1-14,23-24H,15-18,25H2/t23-,24+/m1/s1. The van der Waals surface area contributed by atoms with Gasteiger partial charge in [-0.1, -0.05) is 72.8 Å². The van der Waals surface area contributed by atoms with E-state index in [2.05, 4.69) is 65.6 Å². The van der Waals surface area contributed by atoms with Crippen LogP contribution in [0, 0.1) is 0 Å². The predicted molar refractivity (Wildman–Crippen MR) is 110 cm³/mol. The molecule has 0 radical (unpaired) electrons. The average molecular weight is 358 g/mol. The maximum Gasteiger partial charge on any atom is 0.120 e. The predicted octanol–water partition coefficient (Wildman–Crippen LogP) is 4.19. The minimum atomic E-state index is 0.151. The molecule has 1 aliphatic heterocycles. The van der Waals surface area contributed by atoms with Crippen LogP contribution in [0.3, 0.4) is 0 Å². The molecule has 4 rings (SSSR count). The second kappa shape index (κ2) is 8.38. The summed E-state index contributed by atoms with van der Waals surface area (Å²) in [5.74, 6) is 1.25. The first-order chi connectivity index (χ1) is 13.3. The number of likely N-dealkylation sites (tertiary alicyclic amines) is 1. The second-order valence-corrected chi connectivity index (χ2v) is 7.30. The van der Waals surface area contributed by atoms with E-state index in [0.717, 1.165) is 25.4 Å². The maximum absolute atomic E-state index is 6.49. The van der Waals surface area contributed by atoms with E-state index in [-0.39, 0.29) is 6.04 Å². The molecule has 3 nitrogen and oxygen atoms in total. The highest BCUT2D eigenvalue weighted by molar-refractivity contribution is 5.33. The zero-order valence-electron chi connectivity index (χ0n) is 15.5. The third kappa shape index (κ3) is 4.57. The van der Waals surface area contributed by atoms with Crippen molar-refractivity contribution in [3.05, 3.63) is 102 Å². The Labute approximate surface area is 161 Å². The van der Waals surface area contributed by atoms with E-state index in [0.29, 0.717) is 12.5 Å². The van der Waals surface area contributed by atoms with Crippen molar-refractivity contribution in [1.82, 2.24) is 4.90 Å². The van der Waals surface area contributed by atoms with Crippen molar-refractivity contribution in [3.63, 3.8) is 0 Å². The van der Waals surface area contributed by atoms with Crippen molar-refractivity contribution in [2.75, 3.05) is 13.1 Å². The van der Waals surface area contributed by atoms with Gasteiger partial charge >= 0.3 is 0 Å². The first-order valence-electron chi connectivity index (χ1n) is 9.56. The molecule has 2 atom stereocenters. The highest BCUT2D eigenvalue weighted by Gasteiger charge is 2.31. The maximum atomic E-state index is 6.49. The molecule has 3 heteroatoms. The molecule has 1 fully saturated rings. The van der Waals surface area contributed by atoms with Crippen molar-refractivity contribution in [1.29, 1.82) is 0 Å². The van der Waals surface area contributed by atoms with Crippen molar-refractivity contribution >= 4 is 0 Å². The summed E-state index contributed by atoms with van der Waals surface area (Å²) < 4.78 is 6.00. The Balaban J connectivity index is 1.40. The molecule has 0 saturated carbocycles. The monoisotopic (exact) mass is 358 g/mol. The summed E-state index contributed by atoms with van der Waals surface area (Å²) in [7, 11) is 0. The molecule has 0 aromatic heterocycles. The molecule has 0 aliphatic carbocycles. The average Bonchev–Trinajstić information content (AvgIpc) is 3.08. The van der Waals surface area contributed by atoms with Crippen LogP contribution < -0.4 is 10.5 Å². The van der Waals surface area contributed by atoms with Gasteiger partial charge in [0.1, 0.15) is 12.4 Å². The van der Waals surface area contributed by atoms with Crippen LogP contribution in [0.15, 0.2) is 84.9 Å². The van der Waals surface area contributed by atoms with Gasteiger partial charge in [0.05, 0.1) is 0 Å². The van der Waals surface area contributed by atoms with Gasteiger partial charge in [0.15, 0.2) is 0 Å². The molecular formula is C24H26N2O. The van der Waals surface area contributed by atoms with Crippen LogP contribution >= 0.6 is 0 Å². The Morgan fingerprint density at radius 1 is 0.815 bits per heavy atom. The zero-order chi connectivity index (χ0) is 18.5. The SMILES string of the molecule is N[C@H]1CN(Cc2ccccc2)C[C@@H]1c1cccc(OCc2ccccc2)c1. The molecule has 2 N–H and O–H groups in total. The van der Waals surface area contributed by atoms with E-state index in [1.165, 1.54) is 16.7 Å². The fraction of sp³-hybridized carbons (Fsp3) is 0.250. The van der Waals surface area contributed by atoms with Gasteiger partial charge in [-0.05, 0) is 28.8 Å². The van der Waals surface area contributed by atoms with Crippen LogP contribution in [0.1, 0.15) is 22.6 Å². The molecule has 0 spiro atoms. The van der Waals surface area contributed by atoms with E-state index in [1.54, 1.807) is 0 Å². The van der Waals surface area contributed by atoms with Gasteiger partial charge in [-0.2, -0.15) is 0 Å². The van der Waals surface area contributed by atoms with E-state index < -0.39 is 0 Å². The van der Waals surface area contributed by atoms with Gasteiger partial charge in [0.25, 0.3) is 0 Å². The zero-order valence-corrected chi connectivity index (χ0v) is 15.5. The lowest BCUT2D eigenvalue weighted by Crippen LogP contribution is -2.28. The molecule has 1 aliphatic rings. The number of hydrogen-bond acceptors (Lipinski definition) is 3. The molecule has 3 aromatic carbocycles. The van der Waals surface area contributed by atoms with Crippen LogP contribution in [0.5, 0.6) is 5.75 Å². The summed E-state index contributed by atoms with van der Waals surface area (Å²) in [4.78, 5) is 2.45. The number of nitrogens with two attached hydrogens (primary N) is 1. The summed E-state index contributed by atoms with van der Waals surface area (Å²) in [5.41, 5.74) is 10.3. The summed E-state index contributed by atoms with van der Waals surface area (Å²) in [6.07, 6.45) is 0. The van der Waals surface area contributed by atoms with E-state index in [9.17, 15) is 0 Å². The largest absolute Gasteiger partial charge is 0.489 e. The summed E-state index contributed by atoms with van der Waals surface area (Å²) in [5, 5.41) is 0. The van der Waals surface area contributed by atoms with E-state index >= 15 is 0 Å². The van der Waals surface area contributed by atoms with Gasteiger partial charge < -0.3 is 10.5 Å². The molecule has 27 heavy (non-hydrogen) atoms. The van der Waals surface area contributed by atoms with Crippen molar-refractivity contribution in [2.45, 2.75) is 25.1 Å². The lowest BCUT2D eigenvalue weighted by atomic mass is 9.95.